The van der Waals surface area contributed by atoms with Gasteiger partial charge in [0.1, 0.15) is 16.2 Å². The number of hydrogen-bond donors (Lipinski definition) is 2. The van der Waals surface area contributed by atoms with Gasteiger partial charge in [0, 0.05) is 31.5 Å². The molecule has 0 unspecified atom stereocenters. The molecule has 1 saturated carbocycles. The minimum Gasteiger partial charge on any atom is -0.368 e. The van der Waals surface area contributed by atoms with E-state index in [-0.39, 0.29) is 11.8 Å². The number of rotatable bonds is 7. The van der Waals surface area contributed by atoms with Crippen molar-refractivity contribution in [1.82, 2.24) is 15.3 Å². The van der Waals surface area contributed by atoms with Crippen LogP contribution in [-0.4, -0.2) is 29.0 Å². The second-order valence-electron chi connectivity index (χ2n) is 4.73. The van der Waals surface area contributed by atoms with Crippen LogP contribution < -0.4 is 10.6 Å². The molecule has 1 fully saturated rings. The molecule has 0 aliphatic heterocycles. The van der Waals surface area contributed by atoms with Crippen LogP contribution in [0.25, 0.3) is 0 Å². The number of halogens is 1. The minimum atomic E-state index is 0.178. The monoisotopic (exact) mass is 326 g/mol. The van der Waals surface area contributed by atoms with Crippen LogP contribution in [0, 0.1) is 5.92 Å². The Labute approximate surface area is 121 Å². The fourth-order valence-electron chi connectivity index (χ4n) is 1.76. The standard InChI is InChI=1S/C13H19BrN4O/c1-2-3-11-17-10(14)8-12(18-11)15-6-7-16-13(19)9-4-5-9/h8-9H,2-7H2,1H3,(H,16,19)(H,15,17,18). The average Bonchev–Trinajstić information content (AvgIpc) is 3.18. The van der Waals surface area contributed by atoms with Gasteiger partial charge in [0.2, 0.25) is 5.91 Å². The molecule has 0 saturated heterocycles. The predicted molar refractivity (Wildman–Crippen MR) is 78.0 cm³/mol. The summed E-state index contributed by atoms with van der Waals surface area (Å²) in [6, 6.07) is 1.85. The molecule has 1 aromatic rings. The Hall–Kier alpha value is -1.17. The summed E-state index contributed by atoms with van der Waals surface area (Å²) < 4.78 is 0.787. The molecule has 1 aromatic heterocycles. The maximum atomic E-state index is 11.4. The van der Waals surface area contributed by atoms with E-state index in [9.17, 15) is 4.79 Å². The van der Waals surface area contributed by atoms with Gasteiger partial charge in [-0.15, -0.1) is 0 Å². The Bertz CT molecular complexity index is 448. The van der Waals surface area contributed by atoms with Crippen molar-refractivity contribution in [2.45, 2.75) is 32.6 Å². The lowest BCUT2D eigenvalue weighted by Gasteiger charge is -2.08. The van der Waals surface area contributed by atoms with Crippen LogP contribution >= 0.6 is 15.9 Å². The molecule has 2 rings (SSSR count). The Morgan fingerprint density at radius 2 is 2.21 bits per heavy atom. The molecule has 5 nitrogen and oxygen atoms in total. The van der Waals surface area contributed by atoms with E-state index >= 15 is 0 Å². The van der Waals surface area contributed by atoms with Crippen LogP contribution in [0.1, 0.15) is 32.0 Å². The van der Waals surface area contributed by atoms with Crippen molar-refractivity contribution in [1.29, 1.82) is 0 Å². The molecule has 2 N–H and O–H groups in total. The highest BCUT2D eigenvalue weighted by Gasteiger charge is 2.28. The molecule has 0 aromatic carbocycles. The second kappa shape index (κ2) is 6.84. The Morgan fingerprint density at radius 1 is 1.42 bits per heavy atom. The van der Waals surface area contributed by atoms with Crippen molar-refractivity contribution in [3.05, 3.63) is 16.5 Å². The van der Waals surface area contributed by atoms with Crippen LogP contribution in [0.5, 0.6) is 0 Å². The van der Waals surface area contributed by atoms with Gasteiger partial charge in [-0.2, -0.15) is 0 Å². The number of carbonyl (C=O) groups is 1. The molecule has 1 amide bonds. The third kappa shape index (κ3) is 4.78. The van der Waals surface area contributed by atoms with Gasteiger partial charge in [-0.05, 0) is 35.2 Å². The summed E-state index contributed by atoms with van der Waals surface area (Å²) in [7, 11) is 0. The third-order valence-electron chi connectivity index (χ3n) is 2.89. The summed E-state index contributed by atoms with van der Waals surface area (Å²) in [4.78, 5) is 20.2. The Morgan fingerprint density at radius 3 is 2.89 bits per heavy atom. The molecule has 0 bridgehead atoms. The van der Waals surface area contributed by atoms with Crippen LogP contribution in [0.3, 0.4) is 0 Å². The first-order valence-electron chi connectivity index (χ1n) is 6.74. The molecule has 1 aliphatic rings. The number of aryl methyl sites for hydroxylation is 1. The van der Waals surface area contributed by atoms with Gasteiger partial charge in [-0.3, -0.25) is 4.79 Å². The number of carbonyl (C=O) groups excluding carboxylic acids is 1. The quantitative estimate of drug-likeness (QED) is 0.595. The Kier molecular flexibility index (Phi) is 5.13. The maximum absolute atomic E-state index is 11.4. The van der Waals surface area contributed by atoms with Gasteiger partial charge in [-0.1, -0.05) is 6.92 Å². The SMILES string of the molecule is CCCc1nc(Br)cc(NCCNC(=O)C2CC2)n1. The molecule has 104 valence electrons. The predicted octanol–water partition coefficient (Wildman–Crippen LogP) is 2.13. The van der Waals surface area contributed by atoms with Gasteiger partial charge >= 0.3 is 0 Å². The molecule has 1 heterocycles. The van der Waals surface area contributed by atoms with Crippen LogP contribution in [-0.2, 0) is 11.2 Å². The topological polar surface area (TPSA) is 66.9 Å². The maximum Gasteiger partial charge on any atom is 0.223 e. The zero-order valence-corrected chi connectivity index (χ0v) is 12.7. The third-order valence-corrected chi connectivity index (χ3v) is 3.30. The largest absolute Gasteiger partial charge is 0.368 e. The lowest BCUT2D eigenvalue weighted by atomic mass is 10.3. The normalized spacial score (nSPS) is 14.2. The summed E-state index contributed by atoms with van der Waals surface area (Å²) in [6.45, 7) is 3.40. The van der Waals surface area contributed by atoms with E-state index in [4.69, 9.17) is 0 Å². The van der Waals surface area contributed by atoms with Crippen molar-refractivity contribution in [3.8, 4) is 0 Å². The highest BCUT2D eigenvalue weighted by atomic mass is 79.9. The van der Waals surface area contributed by atoms with Crippen molar-refractivity contribution in [3.63, 3.8) is 0 Å². The van der Waals surface area contributed by atoms with E-state index < -0.39 is 0 Å². The number of aromatic nitrogens is 2. The first kappa shape index (κ1) is 14.2. The summed E-state index contributed by atoms with van der Waals surface area (Å²) >= 11 is 3.38. The lowest BCUT2D eigenvalue weighted by molar-refractivity contribution is -0.122. The zero-order chi connectivity index (χ0) is 13.7. The number of amides is 1. The zero-order valence-electron chi connectivity index (χ0n) is 11.1. The first-order chi connectivity index (χ1) is 9.19. The van der Waals surface area contributed by atoms with E-state index in [1.54, 1.807) is 0 Å². The fraction of sp³-hybridized carbons (Fsp3) is 0.615. The van der Waals surface area contributed by atoms with Crippen LogP contribution in [0.15, 0.2) is 10.7 Å². The summed E-state index contributed by atoms with van der Waals surface area (Å²) in [5.74, 6) is 2.08. The highest BCUT2D eigenvalue weighted by Crippen LogP contribution is 2.28. The Balaban J connectivity index is 1.76. The fourth-order valence-corrected chi connectivity index (χ4v) is 2.18. The van der Waals surface area contributed by atoms with Gasteiger partial charge in [-0.25, -0.2) is 9.97 Å². The molecule has 0 atom stereocenters. The van der Waals surface area contributed by atoms with Crippen molar-refractivity contribution in [2.24, 2.45) is 5.92 Å². The van der Waals surface area contributed by atoms with Gasteiger partial charge in [0.25, 0.3) is 0 Å². The smallest absolute Gasteiger partial charge is 0.223 e. The van der Waals surface area contributed by atoms with Crippen molar-refractivity contribution >= 4 is 27.7 Å². The first-order valence-corrected chi connectivity index (χ1v) is 7.53. The van der Waals surface area contributed by atoms with Crippen molar-refractivity contribution < 1.29 is 4.79 Å². The van der Waals surface area contributed by atoms with Crippen LogP contribution in [0.2, 0.25) is 0 Å². The molecule has 6 heteroatoms. The average molecular weight is 327 g/mol. The minimum absolute atomic E-state index is 0.178. The van der Waals surface area contributed by atoms with E-state index in [2.05, 4.69) is 43.5 Å². The number of nitrogens with zero attached hydrogens (tertiary/aromatic N) is 2. The highest BCUT2D eigenvalue weighted by molar-refractivity contribution is 9.10. The number of hydrogen-bond acceptors (Lipinski definition) is 4. The molecule has 19 heavy (non-hydrogen) atoms. The molecular formula is C13H19BrN4O. The van der Waals surface area contributed by atoms with Gasteiger partial charge in [0.05, 0.1) is 0 Å². The van der Waals surface area contributed by atoms with E-state index in [1.165, 1.54) is 0 Å². The van der Waals surface area contributed by atoms with E-state index in [1.807, 2.05) is 6.07 Å². The lowest BCUT2D eigenvalue weighted by Crippen LogP contribution is -2.30. The summed E-state index contributed by atoms with van der Waals surface area (Å²) in [5, 5.41) is 6.12. The molecule has 1 aliphatic carbocycles. The number of nitrogens with one attached hydrogen (secondary N) is 2. The van der Waals surface area contributed by atoms with E-state index in [0.717, 1.165) is 41.9 Å². The van der Waals surface area contributed by atoms with Crippen molar-refractivity contribution in [2.75, 3.05) is 18.4 Å². The van der Waals surface area contributed by atoms with Gasteiger partial charge in [0.15, 0.2) is 0 Å². The second-order valence-corrected chi connectivity index (χ2v) is 5.55. The van der Waals surface area contributed by atoms with E-state index in [0.29, 0.717) is 13.1 Å². The molecule has 0 radical (unpaired) electrons. The summed E-state index contributed by atoms with van der Waals surface area (Å²) in [5.41, 5.74) is 0. The molecular weight excluding hydrogens is 308 g/mol. The molecule has 0 spiro atoms. The van der Waals surface area contributed by atoms with Gasteiger partial charge < -0.3 is 10.6 Å². The van der Waals surface area contributed by atoms with Crippen LogP contribution in [0.4, 0.5) is 5.82 Å². The number of anilines is 1. The summed E-state index contributed by atoms with van der Waals surface area (Å²) in [6.07, 6.45) is 3.97.